The topological polar surface area (TPSA) is 88.1 Å². The molecule has 0 aromatic heterocycles. The molecule has 0 bridgehead atoms. The Bertz CT molecular complexity index is 1120. The zero-order valence-corrected chi connectivity index (χ0v) is 18.5. The molecule has 3 aromatic carbocycles. The first kappa shape index (κ1) is 23.2. The van der Waals surface area contributed by atoms with Crippen molar-refractivity contribution in [3.05, 3.63) is 108 Å². The van der Waals surface area contributed by atoms with Crippen molar-refractivity contribution in [1.29, 1.82) is 0 Å². The van der Waals surface area contributed by atoms with E-state index in [4.69, 9.17) is 18.9 Å². The molecule has 3 aromatic rings. The third kappa shape index (κ3) is 5.50. The molecule has 0 radical (unpaired) electrons. The van der Waals surface area contributed by atoms with Crippen LogP contribution in [0.15, 0.2) is 91.0 Å². The van der Waals surface area contributed by atoms with Crippen molar-refractivity contribution in [1.82, 2.24) is 0 Å². The Labute approximate surface area is 197 Å². The van der Waals surface area contributed by atoms with Gasteiger partial charge in [0.2, 0.25) is 6.29 Å². The number of ether oxygens (including phenoxy) is 4. The van der Waals surface area contributed by atoms with Gasteiger partial charge in [0.1, 0.15) is 18.8 Å². The van der Waals surface area contributed by atoms with Gasteiger partial charge in [-0.2, -0.15) is 0 Å². The van der Waals surface area contributed by atoms with Gasteiger partial charge in [-0.1, -0.05) is 61.5 Å². The third-order valence-electron chi connectivity index (χ3n) is 5.50. The van der Waals surface area contributed by atoms with Crippen molar-refractivity contribution in [3.63, 3.8) is 0 Å². The predicted molar refractivity (Wildman–Crippen MR) is 122 cm³/mol. The Hall–Kier alpha value is -3.97. The summed E-state index contributed by atoms with van der Waals surface area (Å²) in [5, 5.41) is 0. The highest BCUT2D eigenvalue weighted by molar-refractivity contribution is 5.90. The number of hydrogen-bond acceptors (Lipinski definition) is 7. The van der Waals surface area contributed by atoms with Crippen molar-refractivity contribution >= 4 is 17.9 Å². The predicted octanol–water partition coefficient (Wildman–Crippen LogP) is 4.29. The van der Waals surface area contributed by atoms with Crippen LogP contribution in [-0.2, 0) is 18.9 Å². The van der Waals surface area contributed by atoms with E-state index in [0.717, 1.165) is 0 Å². The molecule has 7 nitrogen and oxygen atoms in total. The fourth-order valence-electron chi connectivity index (χ4n) is 3.65. The van der Waals surface area contributed by atoms with Gasteiger partial charge < -0.3 is 18.9 Å². The average molecular weight is 460 g/mol. The molecule has 4 rings (SSSR count). The molecule has 1 saturated heterocycles. The highest BCUT2D eigenvalue weighted by Crippen LogP contribution is 2.32. The van der Waals surface area contributed by atoms with Gasteiger partial charge >= 0.3 is 17.9 Å². The third-order valence-corrected chi connectivity index (χ3v) is 5.50. The van der Waals surface area contributed by atoms with Crippen LogP contribution in [0.1, 0.15) is 38.0 Å². The van der Waals surface area contributed by atoms with Gasteiger partial charge in [-0.15, -0.1) is 0 Å². The Morgan fingerprint density at radius 1 is 0.676 bits per heavy atom. The van der Waals surface area contributed by atoms with Crippen molar-refractivity contribution in [3.8, 4) is 0 Å². The van der Waals surface area contributed by atoms with Gasteiger partial charge in [-0.3, -0.25) is 0 Å². The van der Waals surface area contributed by atoms with E-state index >= 15 is 0 Å². The van der Waals surface area contributed by atoms with Gasteiger partial charge in [0, 0.05) is 0 Å². The maximum atomic E-state index is 12.7. The van der Waals surface area contributed by atoms with Crippen molar-refractivity contribution in [2.45, 2.75) is 25.4 Å². The zero-order chi connectivity index (χ0) is 23.9. The second-order valence-electron chi connectivity index (χ2n) is 7.87. The summed E-state index contributed by atoms with van der Waals surface area (Å²) >= 11 is 0. The lowest BCUT2D eigenvalue weighted by Gasteiger charge is -2.21. The zero-order valence-electron chi connectivity index (χ0n) is 18.5. The Morgan fingerprint density at radius 3 is 1.62 bits per heavy atom. The Morgan fingerprint density at radius 2 is 1.12 bits per heavy atom. The molecule has 1 heterocycles. The first-order valence-corrected chi connectivity index (χ1v) is 10.9. The standard InChI is InChI=1S/C27H24O7/c1-18-23(33-25(29)20-13-7-3-8-14-20)22(17-31-24(28)19-11-5-2-6-12-19)32-27(18)34-26(30)21-15-9-4-10-16-21/h2-16,18,22-23,27H,17H2,1H3/t18?,22-,23-,27+/m0/s1. The van der Waals surface area contributed by atoms with Crippen LogP contribution in [-0.4, -0.2) is 43.0 Å². The first-order chi connectivity index (χ1) is 16.5. The van der Waals surface area contributed by atoms with Gasteiger partial charge in [0.25, 0.3) is 0 Å². The molecule has 174 valence electrons. The summed E-state index contributed by atoms with van der Waals surface area (Å²) in [5.41, 5.74) is 1.13. The maximum absolute atomic E-state index is 12.7. The van der Waals surface area contributed by atoms with Gasteiger partial charge in [-0.05, 0) is 36.4 Å². The quantitative estimate of drug-likeness (QED) is 0.384. The molecule has 1 unspecified atom stereocenters. The summed E-state index contributed by atoms with van der Waals surface area (Å²) in [5.74, 6) is -2.14. The maximum Gasteiger partial charge on any atom is 0.340 e. The second kappa shape index (κ2) is 10.8. The molecule has 1 fully saturated rings. The van der Waals surface area contributed by atoms with E-state index in [1.807, 2.05) is 0 Å². The summed E-state index contributed by atoms with van der Waals surface area (Å²) in [4.78, 5) is 37.7. The summed E-state index contributed by atoms with van der Waals surface area (Å²) < 4.78 is 22.6. The van der Waals surface area contributed by atoms with Crippen LogP contribution in [0.25, 0.3) is 0 Å². The first-order valence-electron chi connectivity index (χ1n) is 10.9. The Balaban J connectivity index is 1.47. The average Bonchev–Trinajstić information content (AvgIpc) is 3.17. The minimum absolute atomic E-state index is 0.176. The molecular formula is C27H24O7. The molecular weight excluding hydrogens is 436 g/mol. The van der Waals surface area contributed by atoms with Gasteiger partial charge in [-0.25, -0.2) is 14.4 Å². The summed E-state index contributed by atoms with van der Waals surface area (Å²) in [6.45, 7) is 1.58. The lowest BCUT2D eigenvalue weighted by Crippen LogP contribution is -2.35. The summed E-state index contributed by atoms with van der Waals surface area (Å²) in [6.07, 6.45) is -2.60. The number of carbonyl (C=O) groups is 3. The molecule has 0 amide bonds. The molecule has 0 N–H and O–H groups in total. The minimum Gasteiger partial charge on any atom is -0.459 e. The van der Waals surface area contributed by atoms with E-state index in [9.17, 15) is 14.4 Å². The van der Waals surface area contributed by atoms with E-state index in [0.29, 0.717) is 16.7 Å². The van der Waals surface area contributed by atoms with Crippen LogP contribution in [0.3, 0.4) is 0 Å². The van der Waals surface area contributed by atoms with E-state index in [2.05, 4.69) is 0 Å². The Kier molecular flexibility index (Phi) is 7.34. The number of carbonyl (C=O) groups excluding carboxylic acids is 3. The van der Waals surface area contributed by atoms with Crippen LogP contribution in [0.4, 0.5) is 0 Å². The second-order valence-corrected chi connectivity index (χ2v) is 7.87. The molecule has 1 aliphatic rings. The lowest BCUT2D eigenvalue weighted by atomic mass is 10.0. The highest BCUT2D eigenvalue weighted by Gasteiger charge is 2.47. The van der Waals surface area contributed by atoms with E-state index in [-0.39, 0.29) is 6.61 Å². The van der Waals surface area contributed by atoms with E-state index in [1.54, 1.807) is 97.9 Å². The van der Waals surface area contributed by atoms with Crippen LogP contribution in [0.5, 0.6) is 0 Å². The van der Waals surface area contributed by atoms with Crippen LogP contribution < -0.4 is 0 Å². The molecule has 4 atom stereocenters. The van der Waals surface area contributed by atoms with E-state index < -0.39 is 42.3 Å². The molecule has 7 heteroatoms. The molecule has 0 aliphatic carbocycles. The number of rotatable bonds is 7. The molecule has 34 heavy (non-hydrogen) atoms. The van der Waals surface area contributed by atoms with Crippen molar-refractivity contribution in [2.24, 2.45) is 5.92 Å². The monoisotopic (exact) mass is 460 g/mol. The summed E-state index contributed by atoms with van der Waals surface area (Å²) in [6, 6.07) is 25.6. The molecule has 0 spiro atoms. The van der Waals surface area contributed by atoms with E-state index in [1.165, 1.54) is 0 Å². The SMILES string of the molecule is CC1[C@@H](OC(=O)c2ccccc2)O[C@@H](COC(=O)c2ccccc2)[C@H]1OC(=O)c1ccccc1. The fourth-order valence-corrected chi connectivity index (χ4v) is 3.65. The highest BCUT2D eigenvalue weighted by atomic mass is 16.7. The molecule has 1 aliphatic heterocycles. The van der Waals surface area contributed by atoms with Crippen LogP contribution in [0, 0.1) is 5.92 Å². The van der Waals surface area contributed by atoms with Gasteiger partial charge in [0.05, 0.1) is 22.6 Å². The number of hydrogen-bond donors (Lipinski definition) is 0. The number of benzene rings is 3. The van der Waals surface area contributed by atoms with Crippen LogP contribution in [0.2, 0.25) is 0 Å². The van der Waals surface area contributed by atoms with Crippen molar-refractivity contribution < 1.29 is 33.3 Å². The summed E-state index contributed by atoms with van der Waals surface area (Å²) in [7, 11) is 0. The smallest absolute Gasteiger partial charge is 0.340 e. The van der Waals surface area contributed by atoms with Gasteiger partial charge in [0.15, 0.2) is 0 Å². The largest absolute Gasteiger partial charge is 0.459 e. The molecule has 0 saturated carbocycles. The van der Waals surface area contributed by atoms with Crippen molar-refractivity contribution in [2.75, 3.05) is 6.61 Å². The number of esters is 3. The minimum atomic E-state index is -0.985. The lowest BCUT2D eigenvalue weighted by molar-refractivity contribution is -0.125. The normalized spacial score (nSPS) is 21.4. The fraction of sp³-hybridized carbons (Fsp3) is 0.222. The van der Waals surface area contributed by atoms with Crippen LogP contribution >= 0.6 is 0 Å².